The van der Waals surface area contributed by atoms with Gasteiger partial charge < -0.3 is 9.64 Å². The van der Waals surface area contributed by atoms with Gasteiger partial charge in [0.15, 0.2) is 0 Å². The van der Waals surface area contributed by atoms with Crippen molar-refractivity contribution in [2.75, 3.05) is 13.7 Å². The quantitative estimate of drug-likeness (QED) is 0.802. The fourth-order valence-corrected chi connectivity index (χ4v) is 1.66. The molecule has 0 radical (unpaired) electrons. The van der Waals surface area contributed by atoms with Gasteiger partial charge in [-0.15, -0.1) is 0 Å². The van der Waals surface area contributed by atoms with Gasteiger partial charge in [0.1, 0.15) is 5.75 Å². The molecule has 0 aliphatic rings. The Morgan fingerprint density at radius 1 is 1.39 bits per heavy atom. The highest BCUT2D eigenvalue weighted by atomic mass is 16.5. The molecule has 0 aromatic heterocycles. The summed E-state index contributed by atoms with van der Waals surface area (Å²) in [5, 5.41) is 8.61. The number of nitriles is 1. The topological polar surface area (TPSA) is 53.3 Å². The van der Waals surface area contributed by atoms with E-state index in [9.17, 15) is 4.79 Å². The molecule has 0 aliphatic carbocycles. The van der Waals surface area contributed by atoms with Crippen molar-refractivity contribution in [2.24, 2.45) is 0 Å². The van der Waals surface area contributed by atoms with Crippen LogP contribution in [0.5, 0.6) is 5.75 Å². The zero-order chi connectivity index (χ0) is 13.5. The number of carbonyl (C=O) groups is 1. The third kappa shape index (κ3) is 3.49. The van der Waals surface area contributed by atoms with Crippen LogP contribution in [-0.2, 0) is 0 Å². The predicted octanol–water partition coefficient (Wildman–Crippen LogP) is 2.46. The Morgan fingerprint density at radius 3 is 2.44 bits per heavy atom. The summed E-state index contributed by atoms with van der Waals surface area (Å²) in [6.07, 6.45) is 0.347. The van der Waals surface area contributed by atoms with Crippen molar-refractivity contribution >= 4 is 5.91 Å². The van der Waals surface area contributed by atoms with Crippen molar-refractivity contribution in [3.63, 3.8) is 0 Å². The van der Waals surface area contributed by atoms with Crippen LogP contribution in [0.15, 0.2) is 24.3 Å². The Balaban J connectivity index is 2.84. The SMILES string of the molecule is COc1ccc(C(=O)N(CCC#N)C(C)C)cc1. The number of ether oxygens (including phenoxy) is 1. The Morgan fingerprint density at radius 2 is 2.00 bits per heavy atom. The second-order valence-electron chi connectivity index (χ2n) is 4.23. The molecule has 96 valence electrons. The monoisotopic (exact) mass is 246 g/mol. The minimum absolute atomic E-state index is 0.0529. The number of hydrogen-bond acceptors (Lipinski definition) is 3. The van der Waals surface area contributed by atoms with E-state index in [1.54, 1.807) is 36.3 Å². The molecular formula is C14H18N2O2. The Labute approximate surface area is 108 Å². The zero-order valence-electron chi connectivity index (χ0n) is 11.0. The minimum Gasteiger partial charge on any atom is -0.497 e. The molecule has 0 fully saturated rings. The number of nitrogens with zero attached hydrogens (tertiary/aromatic N) is 2. The van der Waals surface area contributed by atoms with Crippen molar-refractivity contribution in [1.82, 2.24) is 4.90 Å². The van der Waals surface area contributed by atoms with E-state index in [0.717, 1.165) is 5.75 Å². The van der Waals surface area contributed by atoms with E-state index in [0.29, 0.717) is 18.5 Å². The largest absolute Gasteiger partial charge is 0.497 e. The number of rotatable bonds is 5. The Hall–Kier alpha value is -2.02. The third-order valence-electron chi connectivity index (χ3n) is 2.69. The highest BCUT2D eigenvalue weighted by Gasteiger charge is 2.18. The lowest BCUT2D eigenvalue weighted by Gasteiger charge is -2.25. The number of hydrogen-bond donors (Lipinski definition) is 0. The summed E-state index contributed by atoms with van der Waals surface area (Å²) < 4.78 is 5.05. The van der Waals surface area contributed by atoms with Crippen molar-refractivity contribution in [3.8, 4) is 11.8 Å². The summed E-state index contributed by atoms with van der Waals surface area (Å²) in [4.78, 5) is 14.0. The number of carbonyl (C=O) groups excluding carboxylic acids is 1. The molecule has 0 aliphatic heterocycles. The first-order valence-electron chi connectivity index (χ1n) is 5.92. The van der Waals surface area contributed by atoms with Crippen LogP contribution in [0.4, 0.5) is 0 Å². The standard InChI is InChI=1S/C14H18N2O2/c1-11(2)16(10-4-9-15)14(17)12-5-7-13(18-3)8-6-12/h5-8,11H,4,10H2,1-3H3. The summed E-state index contributed by atoms with van der Waals surface area (Å²) in [7, 11) is 1.59. The molecule has 0 spiro atoms. The summed E-state index contributed by atoms with van der Waals surface area (Å²) in [5.74, 6) is 0.669. The molecule has 0 saturated heterocycles. The maximum Gasteiger partial charge on any atom is 0.254 e. The average molecular weight is 246 g/mol. The molecular weight excluding hydrogens is 228 g/mol. The van der Waals surface area contributed by atoms with Crippen LogP contribution in [0.2, 0.25) is 0 Å². The van der Waals surface area contributed by atoms with Gasteiger partial charge in [-0.25, -0.2) is 0 Å². The van der Waals surface area contributed by atoms with E-state index in [1.165, 1.54) is 0 Å². The van der Waals surface area contributed by atoms with Crippen LogP contribution in [0.25, 0.3) is 0 Å². The molecule has 18 heavy (non-hydrogen) atoms. The van der Waals surface area contributed by atoms with E-state index in [1.807, 2.05) is 13.8 Å². The Kier molecular flexibility index (Phi) is 5.19. The van der Waals surface area contributed by atoms with Gasteiger partial charge in [0.25, 0.3) is 5.91 Å². The molecule has 1 aromatic rings. The lowest BCUT2D eigenvalue weighted by Crippen LogP contribution is -2.37. The van der Waals surface area contributed by atoms with Crippen LogP contribution in [0.1, 0.15) is 30.6 Å². The molecule has 1 amide bonds. The smallest absolute Gasteiger partial charge is 0.254 e. The van der Waals surface area contributed by atoms with Crippen molar-refractivity contribution in [3.05, 3.63) is 29.8 Å². The van der Waals surface area contributed by atoms with Gasteiger partial charge in [0, 0.05) is 18.2 Å². The van der Waals surface area contributed by atoms with Crippen LogP contribution in [0.3, 0.4) is 0 Å². The first kappa shape index (κ1) is 14.0. The molecule has 1 aromatic carbocycles. The summed E-state index contributed by atoms with van der Waals surface area (Å²) in [5.41, 5.74) is 0.613. The number of benzene rings is 1. The second kappa shape index (κ2) is 6.65. The molecule has 0 atom stereocenters. The molecule has 4 heteroatoms. The van der Waals surface area contributed by atoms with Crippen molar-refractivity contribution < 1.29 is 9.53 Å². The predicted molar refractivity (Wildman–Crippen MR) is 69.4 cm³/mol. The van der Waals surface area contributed by atoms with Gasteiger partial charge in [-0.2, -0.15) is 5.26 Å². The molecule has 0 unspecified atom stereocenters. The van der Waals surface area contributed by atoms with Gasteiger partial charge in [0.05, 0.1) is 19.6 Å². The highest BCUT2D eigenvalue weighted by Crippen LogP contribution is 2.14. The van der Waals surface area contributed by atoms with E-state index < -0.39 is 0 Å². The molecule has 0 N–H and O–H groups in total. The van der Waals surface area contributed by atoms with Gasteiger partial charge >= 0.3 is 0 Å². The zero-order valence-corrected chi connectivity index (χ0v) is 11.0. The molecule has 0 saturated carbocycles. The van der Waals surface area contributed by atoms with Gasteiger partial charge in [-0.3, -0.25) is 4.79 Å². The van der Waals surface area contributed by atoms with Crippen molar-refractivity contribution in [1.29, 1.82) is 5.26 Å². The first-order chi connectivity index (χ1) is 8.60. The van der Waals surface area contributed by atoms with E-state index in [2.05, 4.69) is 6.07 Å². The second-order valence-corrected chi connectivity index (χ2v) is 4.23. The van der Waals surface area contributed by atoms with Gasteiger partial charge in [-0.05, 0) is 38.1 Å². The summed E-state index contributed by atoms with van der Waals surface area (Å²) >= 11 is 0. The minimum atomic E-state index is -0.0529. The van der Waals surface area contributed by atoms with Crippen LogP contribution >= 0.6 is 0 Å². The van der Waals surface area contributed by atoms with Crippen molar-refractivity contribution in [2.45, 2.75) is 26.3 Å². The maximum absolute atomic E-state index is 12.3. The number of methoxy groups -OCH3 is 1. The molecule has 0 bridgehead atoms. The Bertz CT molecular complexity index is 432. The number of amides is 1. The van der Waals surface area contributed by atoms with Gasteiger partial charge in [-0.1, -0.05) is 0 Å². The normalized spacial score (nSPS) is 9.94. The first-order valence-corrected chi connectivity index (χ1v) is 5.92. The summed E-state index contributed by atoms with van der Waals surface area (Å²) in [6, 6.07) is 9.14. The average Bonchev–Trinajstić information content (AvgIpc) is 2.38. The van der Waals surface area contributed by atoms with Crippen LogP contribution in [-0.4, -0.2) is 30.5 Å². The van der Waals surface area contributed by atoms with Crippen LogP contribution < -0.4 is 4.74 Å². The molecule has 4 nitrogen and oxygen atoms in total. The van der Waals surface area contributed by atoms with E-state index in [4.69, 9.17) is 10.00 Å². The fourth-order valence-electron chi connectivity index (χ4n) is 1.66. The fraction of sp³-hybridized carbons (Fsp3) is 0.429. The van der Waals surface area contributed by atoms with E-state index >= 15 is 0 Å². The summed E-state index contributed by atoms with van der Waals surface area (Å²) in [6.45, 7) is 4.34. The van der Waals surface area contributed by atoms with Gasteiger partial charge in [0.2, 0.25) is 0 Å². The highest BCUT2D eigenvalue weighted by molar-refractivity contribution is 5.94. The molecule has 1 rings (SSSR count). The van der Waals surface area contributed by atoms with Crippen LogP contribution in [0, 0.1) is 11.3 Å². The molecule has 0 heterocycles. The maximum atomic E-state index is 12.3. The lowest BCUT2D eigenvalue weighted by atomic mass is 10.1. The lowest BCUT2D eigenvalue weighted by molar-refractivity contribution is 0.0710. The van der Waals surface area contributed by atoms with E-state index in [-0.39, 0.29) is 11.9 Å². The third-order valence-corrected chi connectivity index (χ3v) is 2.69.